The molecule has 0 spiro atoms. The number of rotatable bonds is 35. The number of nitrogens with one attached hydrogen (secondary N) is 6. The Bertz CT molecular complexity index is 2260. The van der Waals surface area contributed by atoms with Crippen LogP contribution in [0.2, 0.25) is 0 Å². The number of methoxy groups -OCH3 is 2. The number of unbranched alkanes of at least 4 members (excludes halogenated alkanes) is 2. The van der Waals surface area contributed by atoms with Crippen LogP contribution in [-0.2, 0) is 49.6 Å². The highest BCUT2D eigenvalue weighted by molar-refractivity contribution is 6.40. The SMILES string of the molecule is COc1ccc(C[C@H](NC(=O)[C@@H]2CCCN2C(=O)C(CCCN)=NC(=O)CNC(=O)[C@H](C)NC(=O)[C@@H](NC(=O)[C@@H](N)CCCCN)[C@@H](O)CN)C(=O)N[C@@H](CCCCN)C(=O)N/C(=C\CCN=C(N)N)C(=O)O)cc1OC. The minimum atomic E-state index is -1.58. The van der Waals surface area contributed by atoms with Crippen molar-refractivity contribution in [3.8, 4) is 11.5 Å². The van der Waals surface area contributed by atoms with E-state index in [1.165, 1.54) is 32.1 Å². The fourth-order valence-electron chi connectivity index (χ4n) is 7.74. The van der Waals surface area contributed by atoms with E-state index < -0.39 is 114 Å². The molecule has 0 saturated carbocycles. The number of carbonyl (C=O) groups excluding carboxylic acids is 8. The molecule has 7 atom stereocenters. The average molecular weight is 1090 g/mol. The van der Waals surface area contributed by atoms with E-state index in [0.717, 1.165) is 0 Å². The van der Waals surface area contributed by atoms with E-state index in [4.69, 9.17) is 49.6 Å². The standard InChI is InChI=1S/C48H80N16O13/c1-27(58-45(72)39(35(65)25-52)63-41(68)29(53)11-4-6-18-49)40(67)57-26-38(66)59-31(13-8-20-51)46(73)64-22-10-15-34(64)44(71)62-33(23-28-16-17-36(76-2)37(24-28)77-3)43(70)60-30(12-5-7-19-50)42(69)61-32(47(74)75)14-9-21-56-48(54)55/h14,16-17,24,27,29-30,33-35,39,65H,4-13,15,18-23,25-26,49-53H2,1-3H3,(H,57,67)(H,58,72)(H,60,70)(H,61,69)(H,62,71)(H,63,68)(H,74,75)(H4,54,55,56)/b32-14-,59-31?/t27-,29-,30-,33-,34-,35-,39-/m0/s1. The van der Waals surface area contributed by atoms with Crippen molar-refractivity contribution in [3.63, 3.8) is 0 Å². The van der Waals surface area contributed by atoms with Gasteiger partial charge in [0, 0.05) is 26.1 Å². The molecule has 1 fully saturated rings. The number of guanidine groups is 1. The predicted molar refractivity (Wildman–Crippen MR) is 283 cm³/mol. The molecule has 1 heterocycles. The van der Waals surface area contributed by atoms with Gasteiger partial charge in [0.25, 0.3) is 11.8 Å². The third-order valence-corrected chi connectivity index (χ3v) is 12.0. The van der Waals surface area contributed by atoms with Crippen LogP contribution in [0.1, 0.15) is 83.1 Å². The summed E-state index contributed by atoms with van der Waals surface area (Å²) in [7, 11) is 2.84. The number of nitrogens with zero attached hydrogens (tertiary/aromatic N) is 3. The second-order valence-corrected chi connectivity index (χ2v) is 17.9. The van der Waals surface area contributed by atoms with E-state index in [-0.39, 0.29) is 82.8 Å². The summed E-state index contributed by atoms with van der Waals surface area (Å²) < 4.78 is 10.8. The van der Waals surface area contributed by atoms with Crippen molar-refractivity contribution in [1.29, 1.82) is 0 Å². The maximum atomic E-state index is 14.4. The summed E-state index contributed by atoms with van der Waals surface area (Å²) in [6.07, 6.45) is 2.31. The first-order valence-corrected chi connectivity index (χ1v) is 25.3. The number of carboxylic acid groups (broad SMARTS) is 1. The molecule has 77 heavy (non-hydrogen) atoms. The average Bonchev–Trinajstić information content (AvgIpc) is 3.90. The van der Waals surface area contributed by atoms with Gasteiger partial charge < -0.3 is 96.6 Å². The lowest BCUT2D eigenvalue weighted by Gasteiger charge is -2.28. The van der Waals surface area contributed by atoms with E-state index in [1.807, 2.05) is 0 Å². The van der Waals surface area contributed by atoms with Crippen molar-refractivity contribution in [2.75, 3.05) is 60.0 Å². The van der Waals surface area contributed by atoms with Crippen LogP contribution in [0.4, 0.5) is 0 Å². The van der Waals surface area contributed by atoms with Gasteiger partial charge in [-0.1, -0.05) is 18.6 Å². The molecular formula is C48H80N16O13. The molecule has 0 unspecified atom stereocenters. The fourth-order valence-corrected chi connectivity index (χ4v) is 7.74. The molecule has 22 N–H and O–H groups in total. The fraction of sp³-hybridized carbons (Fsp3) is 0.604. The highest BCUT2D eigenvalue weighted by Gasteiger charge is 2.39. The molecule has 0 aliphatic carbocycles. The Labute approximate surface area is 447 Å². The molecule has 0 radical (unpaired) electrons. The van der Waals surface area contributed by atoms with Gasteiger partial charge in [-0.2, -0.15) is 0 Å². The maximum Gasteiger partial charge on any atom is 0.352 e. The first kappa shape index (κ1) is 65.8. The Hall–Kier alpha value is -7.31. The largest absolute Gasteiger partial charge is 0.493 e. The lowest BCUT2D eigenvalue weighted by atomic mass is 10.0. The Morgan fingerprint density at radius 2 is 1.47 bits per heavy atom. The van der Waals surface area contributed by atoms with Gasteiger partial charge in [-0.25, -0.2) is 9.79 Å². The van der Waals surface area contributed by atoms with Gasteiger partial charge >= 0.3 is 5.97 Å². The number of ether oxygens (including phenoxy) is 2. The van der Waals surface area contributed by atoms with Crippen LogP contribution < -0.4 is 81.5 Å². The monoisotopic (exact) mass is 1090 g/mol. The van der Waals surface area contributed by atoms with Crippen molar-refractivity contribution in [3.05, 3.63) is 35.5 Å². The van der Waals surface area contributed by atoms with E-state index in [9.17, 15) is 53.4 Å². The molecule has 1 aliphatic heterocycles. The first-order valence-electron chi connectivity index (χ1n) is 25.3. The Morgan fingerprint density at radius 1 is 0.805 bits per heavy atom. The number of carbonyl (C=O) groups is 9. The number of benzene rings is 1. The van der Waals surface area contributed by atoms with Crippen LogP contribution in [0.5, 0.6) is 11.5 Å². The minimum Gasteiger partial charge on any atom is -0.493 e. The molecule has 2 rings (SSSR count). The van der Waals surface area contributed by atoms with Crippen molar-refractivity contribution >= 4 is 64.9 Å². The van der Waals surface area contributed by atoms with Crippen molar-refractivity contribution in [1.82, 2.24) is 36.8 Å². The molecule has 1 aromatic carbocycles. The number of aliphatic hydroxyl groups excluding tert-OH is 1. The van der Waals surface area contributed by atoms with Gasteiger partial charge in [0.15, 0.2) is 17.5 Å². The smallest absolute Gasteiger partial charge is 0.352 e. The normalized spacial score (nSPS) is 15.8. The first-order chi connectivity index (χ1) is 36.7. The third-order valence-electron chi connectivity index (χ3n) is 12.0. The number of amides is 8. The molecule has 8 amide bonds. The number of likely N-dealkylation sites (tertiary alicyclic amines) is 1. The van der Waals surface area contributed by atoms with Gasteiger partial charge in [0.2, 0.25) is 35.4 Å². The van der Waals surface area contributed by atoms with E-state index in [2.05, 4.69) is 41.9 Å². The van der Waals surface area contributed by atoms with Crippen LogP contribution >= 0.6 is 0 Å². The van der Waals surface area contributed by atoms with E-state index >= 15 is 0 Å². The molecular weight excluding hydrogens is 1010 g/mol. The Morgan fingerprint density at radius 3 is 2.08 bits per heavy atom. The lowest BCUT2D eigenvalue weighted by Crippen LogP contribution is -2.60. The molecule has 0 aromatic heterocycles. The van der Waals surface area contributed by atoms with Crippen molar-refractivity contribution in [2.45, 2.75) is 126 Å². The number of hydrogen-bond donors (Lipinski definition) is 15. The second kappa shape index (κ2) is 35.1. The van der Waals surface area contributed by atoms with Crippen LogP contribution in [0.3, 0.4) is 0 Å². The topological polar surface area (TPSA) is 495 Å². The summed E-state index contributed by atoms with van der Waals surface area (Å²) in [5.41, 5.74) is 38.9. The zero-order valence-corrected chi connectivity index (χ0v) is 44.1. The molecule has 430 valence electrons. The molecule has 1 aliphatic rings. The maximum absolute atomic E-state index is 14.4. The molecule has 1 aromatic rings. The van der Waals surface area contributed by atoms with Crippen LogP contribution in [0.25, 0.3) is 0 Å². The summed E-state index contributed by atoms with van der Waals surface area (Å²) in [5, 5.41) is 35.0. The van der Waals surface area contributed by atoms with Crippen molar-refractivity contribution in [2.24, 2.45) is 50.1 Å². The molecule has 1 saturated heterocycles. The number of aliphatic hydroxyl groups is 1. The van der Waals surface area contributed by atoms with Crippen molar-refractivity contribution < 1.29 is 62.8 Å². The van der Waals surface area contributed by atoms with Gasteiger partial charge in [-0.15, -0.1) is 0 Å². The van der Waals surface area contributed by atoms with Crippen LogP contribution in [0.15, 0.2) is 40.0 Å². The van der Waals surface area contributed by atoms with Gasteiger partial charge in [0.1, 0.15) is 41.6 Å². The Balaban J connectivity index is 2.37. The van der Waals surface area contributed by atoms with Gasteiger partial charge in [-0.3, -0.25) is 43.3 Å². The number of aliphatic imine (C=N–C) groups is 2. The summed E-state index contributed by atoms with van der Waals surface area (Å²) >= 11 is 0. The lowest BCUT2D eigenvalue weighted by molar-refractivity contribution is -0.137. The van der Waals surface area contributed by atoms with Crippen LogP contribution in [0, 0.1) is 0 Å². The molecule has 0 bridgehead atoms. The number of hydrogen-bond acceptors (Lipinski definition) is 18. The quantitative estimate of drug-likeness (QED) is 0.0131. The number of carboxylic acids is 1. The van der Waals surface area contributed by atoms with Gasteiger partial charge in [0.05, 0.1) is 32.9 Å². The minimum absolute atomic E-state index is 0.0226. The highest BCUT2D eigenvalue weighted by atomic mass is 16.5. The third kappa shape index (κ3) is 22.8. The molecule has 29 heteroatoms. The molecule has 29 nitrogen and oxygen atoms in total. The number of nitrogens with two attached hydrogens (primary N) is 7. The summed E-state index contributed by atoms with van der Waals surface area (Å²) in [6, 6.07) is -3.03. The second-order valence-electron chi connectivity index (χ2n) is 17.9. The van der Waals surface area contributed by atoms with Crippen LogP contribution in [-0.4, -0.2) is 182 Å². The predicted octanol–water partition coefficient (Wildman–Crippen LogP) is -5.33. The summed E-state index contributed by atoms with van der Waals surface area (Å²) in [6.45, 7) is 0.920. The number of aliphatic carboxylic acids is 1. The zero-order chi connectivity index (χ0) is 57.6. The highest BCUT2D eigenvalue weighted by Crippen LogP contribution is 2.28. The summed E-state index contributed by atoms with van der Waals surface area (Å²) in [5.74, 6) is -7.83. The van der Waals surface area contributed by atoms with E-state index in [1.54, 1.807) is 18.2 Å². The van der Waals surface area contributed by atoms with Gasteiger partial charge in [-0.05, 0) is 108 Å². The Kier molecular flexibility index (Phi) is 30.0. The zero-order valence-electron chi connectivity index (χ0n) is 44.1. The summed E-state index contributed by atoms with van der Waals surface area (Å²) in [4.78, 5) is 130. The van der Waals surface area contributed by atoms with E-state index in [0.29, 0.717) is 55.7 Å².